The Labute approximate surface area is 150 Å². The van der Waals surface area contributed by atoms with Crippen LogP contribution in [0.2, 0.25) is 0 Å². The van der Waals surface area contributed by atoms with Crippen LogP contribution in [-0.2, 0) is 4.74 Å². The maximum atomic E-state index is 14.1. The molecule has 2 aromatic rings. The van der Waals surface area contributed by atoms with Gasteiger partial charge in [-0.1, -0.05) is 12.1 Å². The predicted octanol–water partition coefficient (Wildman–Crippen LogP) is 3.42. The van der Waals surface area contributed by atoms with Crippen LogP contribution in [0, 0.1) is 5.82 Å². The van der Waals surface area contributed by atoms with Crippen LogP contribution in [-0.4, -0.2) is 37.2 Å². The summed E-state index contributed by atoms with van der Waals surface area (Å²) >= 11 is 0. The SMILES string of the molecule is O=C(NC1CCCOc2c(F)cccc21)N1CCOC(c2ccco2)C1. The molecular formula is C19H21FN2O4. The number of nitrogens with one attached hydrogen (secondary N) is 1. The molecule has 7 heteroatoms. The van der Waals surface area contributed by atoms with E-state index in [-0.39, 0.29) is 23.9 Å². The van der Waals surface area contributed by atoms with E-state index in [1.807, 2.05) is 6.07 Å². The van der Waals surface area contributed by atoms with Gasteiger partial charge in [-0.25, -0.2) is 9.18 Å². The number of carbonyl (C=O) groups excluding carboxylic acids is 1. The van der Waals surface area contributed by atoms with Crippen LogP contribution in [0.5, 0.6) is 5.75 Å². The minimum Gasteiger partial charge on any atom is -0.490 e. The van der Waals surface area contributed by atoms with Crippen LogP contribution in [0.25, 0.3) is 0 Å². The molecular weight excluding hydrogens is 339 g/mol. The fourth-order valence-electron chi connectivity index (χ4n) is 3.44. The maximum absolute atomic E-state index is 14.1. The van der Waals surface area contributed by atoms with Crippen molar-refractivity contribution in [3.8, 4) is 5.75 Å². The number of para-hydroxylation sites is 1. The van der Waals surface area contributed by atoms with Gasteiger partial charge in [0.1, 0.15) is 11.9 Å². The van der Waals surface area contributed by atoms with Gasteiger partial charge in [-0.05, 0) is 31.0 Å². The van der Waals surface area contributed by atoms with Gasteiger partial charge < -0.3 is 24.1 Å². The zero-order valence-electron chi connectivity index (χ0n) is 14.3. The normalized spacial score (nSPS) is 22.9. The number of rotatable bonds is 2. The van der Waals surface area contributed by atoms with Gasteiger partial charge in [0.25, 0.3) is 0 Å². The molecule has 1 aromatic heterocycles. The van der Waals surface area contributed by atoms with Crippen molar-refractivity contribution in [2.75, 3.05) is 26.3 Å². The van der Waals surface area contributed by atoms with E-state index in [0.717, 1.165) is 6.42 Å². The summed E-state index contributed by atoms with van der Waals surface area (Å²) in [6.07, 6.45) is 2.77. The molecule has 0 aliphatic carbocycles. The van der Waals surface area contributed by atoms with Gasteiger partial charge in [-0.15, -0.1) is 0 Å². The molecule has 2 amide bonds. The van der Waals surface area contributed by atoms with Crippen LogP contribution >= 0.6 is 0 Å². The highest BCUT2D eigenvalue weighted by atomic mass is 19.1. The first-order valence-electron chi connectivity index (χ1n) is 8.84. The summed E-state index contributed by atoms with van der Waals surface area (Å²) in [6.45, 7) is 1.80. The predicted molar refractivity (Wildman–Crippen MR) is 91.4 cm³/mol. The average Bonchev–Trinajstić information content (AvgIpc) is 3.12. The van der Waals surface area contributed by atoms with E-state index in [4.69, 9.17) is 13.9 Å². The summed E-state index contributed by atoms with van der Waals surface area (Å²) in [5.74, 6) is 0.552. The summed E-state index contributed by atoms with van der Waals surface area (Å²) in [7, 11) is 0. The van der Waals surface area contributed by atoms with Crippen molar-refractivity contribution in [2.24, 2.45) is 0 Å². The molecule has 2 aliphatic rings. The molecule has 6 nitrogen and oxygen atoms in total. The van der Waals surface area contributed by atoms with Crippen LogP contribution in [0.15, 0.2) is 41.0 Å². The van der Waals surface area contributed by atoms with Crippen LogP contribution in [0.3, 0.4) is 0 Å². The van der Waals surface area contributed by atoms with Gasteiger partial charge >= 0.3 is 6.03 Å². The topological polar surface area (TPSA) is 63.9 Å². The fraction of sp³-hybridized carbons (Fsp3) is 0.421. The monoisotopic (exact) mass is 360 g/mol. The number of fused-ring (bicyclic) bond motifs is 1. The number of furan rings is 1. The molecule has 138 valence electrons. The lowest BCUT2D eigenvalue weighted by Gasteiger charge is -2.33. The second-order valence-corrected chi connectivity index (χ2v) is 6.47. The highest BCUT2D eigenvalue weighted by molar-refractivity contribution is 5.75. The van der Waals surface area contributed by atoms with Crippen LogP contribution < -0.4 is 10.1 Å². The van der Waals surface area contributed by atoms with Gasteiger partial charge in [-0.2, -0.15) is 0 Å². The van der Waals surface area contributed by atoms with Gasteiger partial charge in [0.2, 0.25) is 0 Å². The third-order valence-corrected chi connectivity index (χ3v) is 4.77. The summed E-state index contributed by atoms with van der Waals surface area (Å²) in [6, 6.07) is 8.00. The summed E-state index contributed by atoms with van der Waals surface area (Å²) < 4.78 is 30.7. The maximum Gasteiger partial charge on any atom is 0.318 e. The number of halogens is 1. The quantitative estimate of drug-likeness (QED) is 0.891. The highest BCUT2D eigenvalue weighted by Crippen LogP contribution is 2.33. The molecule has 2 aliphatic heterocycles. The largest absolute Gasteiger partial charge is 0.490 e. The number of ether oxygens (including phenoxy) is 2. The number of hydrogen-bond acceptors (Lipinski definition) is 4. The molecule has 1 saturated heterocycles. The Kier molecular flexibility index (Phi) is 4.79. The van der Waals surface area contributed by atoms with Crippen LogP contribution in [0.1, 0.15) is 36.3 Å². The molecule has 2 atom stereocenters. The molecule has 4 rings (SSSR count). The van der Waals surface area contributed by atoms with Crippen molar-refractivity contribution in [3.05, 3.63) is 53.7 Å². The molecule has 0 bridgehead atoms. The number of carbonyl (C=O) groups is 1. The lowest BCUT2D eigenvalue weighted by atomic mass is 10.0. The smallest absolute Gasteiger partial charge is 0.318 e. The Hall–Kier alpha value is -2.54. The lowest BCUT2D eigenvalue weighted by Crippen LogP contribution is -2.48. The minimum atomic E-state index is -0.395. The van der Waals surface area contributed by atoms with Crippen molar-refractivity contribution in [3.63, 3.8) is 0 Å². The van der Waals surface area contributed by atoms with Crippen molar-refractivity contribution in [1.82, 2.24) is 10.2 Å². The number of nitrogens with zero attached hydrogens (tertiary/aromatic N) is 1. The number of urea groups is 1. The van der Waals surface area contributed by atoms with E-state index in [9.17, 15) is 9.18 Å². The lowest BCUT2D eigenvalue weighted by molar-refractivity contribution is -0.0263. The van der Waals surface area contributed by atoms with Crippen molar-refractivity contribution >= 4 is 6.03 Å². The Morgan fingerprint density at radius 3 is 3.00 bits per heavy atom. The van der Waals surface area contributed by atoms with Gasteiger partial charge in [0.05, 0.1) is 32.1 Å². The highest BCUT2D eigenvalue weighted by Gasteiger charge is 2.30. The fourth-order valence-corrected chi connectivity index (χ4v) is 3.44. The first kappa shape index (κ1) is 16.9. The molecule has 1 N–H and O–H groups in total. The van der Waals surface area contributed by atoms with E-state index in [2.05, 4.69) is 5.32 Å². The third kappa shape index (κ3) is 3.39. The Morgan fingerprint density at radius 2 is 2.15 bits per heavy atom. The first-order chi connectivity index (χ1) is 12.7. The Balaban J connectivity index is 1.47. The molecule has 3 heterocycles. The molecule has 1 aromatic carbocycles. The van der Waals surface area contributed by atoms with Crippen molar-refractivity contribution < 1.29 is 23.1 Å². The summed E-state index contributed by atoms with van der Waals surface area (Å²) in [5, 5.41) is 3.03. The van der Waals surface area contributed by atoms with Crippen molar-refractivity contribution in [2.45, 2.75) is 25.0 Å². The van der Waals surface area contributed by atoms with E-state index in [0.29, 0.717) is 44.0 Å². The van der Waals surface area contributed by atoms with Gasteiger partial charge in [-0.3, -0.25) is 0 Å². The standard InChI is InChI=1S/C19H21FN2O4/c20-14-5-1-4-13-15(6-2-10-26-18(13)14)21-19(23)22-8-11-25-17(12-22)16-7-3-9-24-16/h1,3-5,7,9,15,17H,2,6,8,10-12H2,(H,21,23). The number of morpholine rings is 1. The average molecular weight is 360 g/mol. The van der Waals surface area contributed by atoms with Crippen LogP contribution in [0.4, 0.5) is 9.18 Å². The van der Waals surface area contributed by atoms with E-state index < -0.39 is 5.82 Å². The number of hydrogen-bond donors (Lipinski definition) is 1. The molecule has 26 heavy (non-hydrogen) atoms. The second-order valence-electron chi connectivity index (χ2n) is 6.47. The molecule has 0 spiro atoms. The zero-order valence-corrected chi connectivity index (χ0v) is 14.3. The number of amides is 2. The summed E-state index contributed by atoms with van der Waals surface area (Å²) in [4.78, 5) is 14.5. The zero-order chi connectivity index (χ0) is 17.9. The molecule has 1 fully saturated rings. The number of benzene rings is 1. The minimum absolute atomic E-state index is 0.188. The van der Waals surface area contributed by atoms with Gasteiger partial charge in [0.15, 0.2) is 11.6 Å². The Bertz CT molecular complexity index is 765. The van der Waals surface area contributed by atoms with E-state index in [1.54, 1.807) is 29.4 Å². The summed E-state index contributed by atoms with van der Waals surface area (Å²) in [5.41, 5.74) is 0.687. The molecule has 2 unspecified atom stereocenters. The third-order valence-electron chi connectivity index (χ3n) is 4.77. The van der Waals surface area contributed by atoms with E-state index >= 15 is 0 Å². The molecule has 0 saturated carbocycles. The van der Waals surface area contributed by atoms with E-state index in [1.165, 1.54) is 6.07 Å². The Morgan fingerprint density at radius 1 is 1.23 bits per heavy atom. The molecule has 0 radical (unpaired) electrons. The van der Waals surface area contributed by atoms with Gasteiger partial charge in [0, 0.05) is 12.1 Å². The van der Waals surface area contributed by atoms with Crippen molar-refractivity contribution in [1.29, 1.82) is 0 Å². The second kappa shape index (κ2) is 7.37. The first-order valence-corrected chi connectivity index (χ1v) is 8.84.